The molecule has 16 nitrogen and oxygen atoms in total. The van der Waals surface area contributed by atoms with Gasteiger partial charge in [0.2, 0.25) is 0 Å². The van der Waals surface area contributed by atoms with E-state index in [1.165, 1.54) is 0 Å². The summed E-state index contributed by atoms with van der Waals surface area (Å²) in [5.74, 6) is -2.81. The summed E-state index contributed by atoms with van der Waals surface area (Å²) >= 11 is 0. The number of hydrogen-bond donors (Lipinski definition) is 8. The Hall–Kier alpha value is -14.4. The summed E-state index contributed by atoms with van der Waals surface area (Å²) in [5, 5.41) is 26.9. The van der Waals surface area contributed by atoms with Crippen LogP contribution in [0.2, 0.25) is 0 Å². The lowest BCUT2D eigenvalue weighted by molar-refractivity contribution is 0.101. The highest BCUT2D eigenvalue weighted by Crippen LogP contribution is 2.54. The maximum atomic E-state index is 15.8. The van der Waals surface area contributed by atoms with E-state index in [9.17, 15) is 19.2 Å². The fourth-order valence-corrected chi connectivity index (χ4v) is 26.2. The van der Waals surface area contributed by atoms with Crippen LogP contribution in [0.15, 0.2) is 194 Å². The zero-order valence-corrected chi connectivity index (χ0v) is 91.9. The van der Waals surface area contributed by atoms with Gasteiger partial charge in [-0.3, -0.25) is 38.4 Å². The van der Waals surface area contributed by atoms with Gasteiger partial charge in [-0.15, -0.1) is 0 Å². The van der Waals surface area contributed by atoms with E-state index in [2.05, 4.69) is 292 Å². The molecule has 4 fully saturated rings. The van der Waals surface area contributed by atoms with Crippen LogP contribution in [0.1, 0.15) is 397 Å². The van der Waals surface area contributed by atoms with E-state index in [1.54, 1.807) is 24.3 Å². The number of benzene rings is 13. The summed E-state index contributed by atoms with van der Waals surface area (Å²) in [5.41, 5.74) is 33.8. The lowest BCUT2D eigenvalue weighted by Gasteiger charge is -2.40. The van der Waals surface area contributed by atoms with E-state index in [-0.39, 0.29) is 45.9 Å². The molecular weight excluding hydrogens is 1850 g/mol. The molecule has 24 bridgehead atoms. The quantitative estimate of drug-likeness (QED) is 0.0827. The Morgan fingerprint density at radius 1 is 0.160 bits per heavy atom. The second-order valence-corrected chi connectivity index (χ2v) is 47.4. The van der Waals surface area contributed by atoms with Crippen molar-refractivity contribution in [3.63, 3.8) is 0 Å². The second-order valence-electron chi connectivity index (χ2n) is 47.4. The first-order valence-electron chi connectivity index (χ1n) is 54.4. The first kappa shape index (κ1) is 104. The average Bonchev–Trinajstić information content (AvgIpc) is 0.754. The van der Waals surface area contributed by atoms with E-state index in [0.717, 1.165) is 296 Å². The molecule has 8 amide bonds. The van der Waals surface area contributed by atoms with E-state index >= 15 is 19.2 Å². The monoisotopic (exact) mass is 2000 g/mol. The van der Waals surface area contributed by atoms with Crippen LogP contribution in [0, 0.1) is 111 Å². The minimum absolute atomic E-state index is 0.263. The summed E-state index contributed by atoms with van der Waals surface area (Å²) in [6.07, 6.45) is 19.7. The van der Waals surface area contributed by atoms with Crippen molar-refractivity contribution in [1.82, 2.24) is 0 Å². The van der Waals surface area contributed by atoms with E-state index in [0.29, 0.717) is 67.3 Å². The van der Waals surface area contributed by atoms with Crippen molar-refractivity contribution in [3.8, 4) is 22.3 Å². The fourth-order valence-electron chi connectivity index (χ4n) is 26.2. The van der Waals surface area contributed by atoms with Crippen molar-refractivity contribution in [1.29, 1.82) is 0 Å². The maximum absolute atomic E-state index is 15.8. The summed E-state index contributed by atoms with van der Waals surface area (Å²) in [7, 11) is 0. The molecule has 0 atom stereocenters. The van der Waals surface area contributed by atoms with Gasteiger partial charge in [0.25, 0.3) is 47.3 Å². The highest BCUT2D eigenvalue weighted by Gasteiger charge is 2.44. The van der Waals surface area contributed by atoms with Crippen LogP contribution < -0.4 is 42.5 Å². The van der Waals surface area contributed by atoms with Gasteiger partial charge in [0.05, 0.1) is 0 Å². The molecule has 0 radical (unpaired) electrons. The van der Waals surface area contributed by atoms with Gasteiger partial charge in [0, 0.05) is 112 Å². The van der Waals surface area contributed by atoms with Crippen molar-refractivity contribution in [2.75, 3.05) is 42.5 Å². The third-order valence-electron chi connectivity index (χ3n) is 34.5. The molecule has 13 aromatic rings. The smallest absolute Gasteiger partial charge is 0.255 e. The summed E-state index contributed by atoms with van der Waals surface area (Å²) in [6, 6.07) is 65.4. The Morgan fingerprint density at radius 3 is 0.407 bits per heavy atom. The van der Waals surface area contributed by atoms with E-state index < -0.39 is 56.1 Å². The second kappa shape index (κ2) is 40.5. The van der Waals surface area contributed by atoms with Crippen LogP contribution >= 0.6 is 0 Å². The van der Waals surface area contributed by atoms with Gasteiger partial charge < -0.3 is 42.5 Å². The van der Waals surface area contributed by atoms with Gasteiger partial charge >= 0.3 is 0 Å². The standard InChI is InChI=1S/C134H146N8O8/c1-75-47-105-48-76(2)113(75)135-121(143)95-63-93(64-96(67-95)122(144)136-114-77(3)49-106(50-78(114)4)132(41-29-24-30-42-132)110-57-85(11)118(86(12)58-110)140-126(148)100-69-99(71-103(72-100)129(17,18)19)125(147)139-117-83(9)55-109(56-84(117)10)131(105)39-27-23-28-40-131)91-35-37-92(38-36-91)94-65-97-68-98(66-94)124(146)138-116-81(7)53-108(54-82(116)8)134(45-33-26-34-46-134)112-61-89(15)120(90(16)62-112)142-128(150)102-70-101(73-104(74-102)130(20,21)22)127(149)141-119-87(13)59-111(60-88(119)14)133(43-31-25-32-44-133)107-51-79(5)115(80(6)52-107)137-123(97)145/h35-38,47-74H,23-34,39-46H2,1-22H3,(H,135,143)(H,136,144)(H,137,145)(H,138,146)(H,139,147)(H,140,148)(H,141,149)(H,142,150). The van der Waals surface area contributed by atoms with Crippen molar-refractivity contribution >= 4 is 92.8 Å². The van der Waals surface area contributed by atoms with Crippen LogP contribution in [0.3, 0.4) is 0 Å². The highest BCUT2D eigenvalue weighted by atomic mass is 16.2. The number of carbonyl (C=O) groups excluding carboxylic acids is 8. The van der Waals surface area contributed by atoms with E-state index in [1.807, 2.05) is 72.8 Å². The Bertz CT molecular complexity index is 6730. The third kappa shape index (κ3) is 19.9. The molecular formula is C134H146N8O8. The van der Waals surface area contributed by atoms with Gasteiger partial charge in [0.15, 0.2) is 0 Å². The van der Waals surface area contributed by atoms with Crippen molar-refractivity contribution in [2.24, 2.45) is 0 Å². The van der Waals surface area contributed by atoms with Gasteiger partial charge in [0.1, 0.15) is 0 Å². The Morgan fingerprint density at radius 2 is 0.280 bits per heavy atom. The number of hydrogen-bond acceptors (Lipinski definition) is 8. The van der Waals surface area contributed by atoms with Crippen molar-refractivity contribution < 1.29 is 38.4 Å². The molecule has 13 aromatic carbocycles. The topological polar surface area (TPSA) is 233 Å². The highest BCUT2D eigenvalue weighted by molar-refractivity contribution is 6.15. The van der Waals surface area contributed by atoms with Crippen LogP contribution in [0.25, 0.3) is 22.3 Å². The molecule has 4 saturated carbocycles. The molecule has 17 aliphatic heterocycles. The van der Waals surface area contributed by atoms with Gasteiger partial charge in [-0.2, -0.15) is 0 Å². The molecule has 4 spiro atoms. The maximum Gasteiger partial charge on any atom is 0.255 e. The summed E-state index contributed by atoms with van der Waals surface area (Å²) in [4.78, 5) is 123. The Labute approximate surface area is 886 Å². The molecule has 0 aromatic heterocycles. The number of nitrogens with one attached hydrogen (secondary N) is 8. The zero-order chi connectivity index (χ0) is 107. The Balaban J connectivity index is 0.710. The first-order chi connectivity index (χ1) is 71.3. The molecule has 150 heavy (non-hydrogen) atoms. The predicted molar refractivity (Wildman–Crippen MR) is 614 cm³/mol. The number of rotatable bonds is 2. The largest absolute Gasteiger partial charge is 0.322 e. The van der Waals surface area contributed by atoms with Gasteiger partial charge in [-0.05, 0) is 413 Å². The minimum atomic E-state index is -0.401. The van der Waals surface area contributed by atoms with Crippen LogP contribution in [0.4, 0.5) is 45.5 Å². The van der Waals surface area contributed by atoms with Crippen LogP contribution in [0.5, 0.6) is 0 Å². The van der Waals surface area contributed by atoms with Crippen LogP contribution in [-0.2, 0) is 32.5 Å². The van der Waals surface area contributed by atoms with Crippen molar-refractivity contribution in [3.05, 3.63) is 383 Å². The normalized spacial score (nSPS) is 16.9. The zero-order valence-electron chi connectivity index (χ0n) is 91.9. The van der Waals surface area contributed by atoms with E-state index in [4.69, 9.17) is 0 Å². The minimum Gasteiger partial charge on any atom is -0.322 e. The first-order valence-corrected chi connectivity index (χ1v) is 54.4. The molecule has 0 unspecified atom stereocenters. The number of aryl methyl sites for hydroxylation is 16. The SMILES string of the molecule is Cc1cc2cc(C)c1NC(=O)c1cc(cc(-c3ccc(-c4cc5cc(c4)C(=O)Nc4c(C)cc(cc4C)C4(CCCCC4)c4cc(C)c(c(C)c4)NC(=O)c4cc(cc(C(C)(C)C)c4)C(=O)Nc4c(C)cc(cc4C)C4(CCCCC4)c4cc(C)c(c(C)c4)NC5=O)cc3)c1)C(=O)Nc1c(C)cc(cc1C)C1(CCCCC1)c1cc(C)c(c(C)c1)NC(=O)c1cc(cc(C(C)(C)C)c1)C(=O)Nc1c(C)cc(cc1C)C21CCCCC1. The Kier molecular flexibility index (Phi) is 28.1. The molecule has 770 valence electrons. The molecule has 21 aliphatic rings. The third-order valence-corrected chi connectivity index (χ3v) is 34.5. The summed E-state index contributed by atoms with van der Waals surface area (Å²) in [6.45, 7) is 45.5. The van der Waals surface area contributed by atoms with Gasteiger partial charge in [-0.1, -0.05) is 240 Å². The fraction of sp³-hybridized carbons (Fsp3) is 0.358. The summed E-state index contributed by atoms with van der Waals surface area (Å²) < 4.78 is 0. The van der Waals surface area contributed by atoms with Crippen molar-refractivity contribution in [2.45, 2.75) is 313 Å². The van der Waals surface area contributed by atoms with Crippen LogP contribution in [-0.4, -0.2) is 47.3 Å². The lowest BCUT2D eigenvalue weighted by Crippen LogP contribution is -2.31. The molecule has 17 heterocycles. The number of anilines is 8. The van der Waals surface area contributed by atoms with Gasteiger partial charge in [-0.25, -0.2) is 0 Å². The molecule has 8 N–H and O–H groups in total. The molecule has 34 rings (SSSR count). The lowest BCUT2D eigenvalue weighted by atomic mass is 9.64. The predicted octanol–water partition coefficient (Wildman–Crippen LogP) is 32.2. The number of amides is 8. The average molecular weight is 2000 g/mol. The molecule has 0 saturated heterocycles. The molecule has 16 heteroatoms. The molecule has 4 aliphatic carbocycles. The number of carbonyl (C=O) groups is 8.